The van der Waals surface area contributed by atoms with Gasteiger partial charge in [-0.3, -0.25) is 0 Å². The molecule has 0 saturated carbocycles. The number of nitrogens with zero attached hydrogens (tertiary/aromatic N) is 4. The molecule has 0 spiro atoms. The molecule has 1 aromatic heterocycles. The van der Waals surface area contributed by atoms with Gasteiger partial charge in [0, 0.05) is 5.56 Å². The zero-order chi connectivity index (χ0) is 15.0. The molecule has 21 heavy (non-hydrogen) atoms. The largest absolute Gasteiger partial charge is 0.398 e. The zero-order valence-corrected chi connectivity index (χ0v) is 12.7. The number of anilines is 1. The van der Waals surface area contributed by atoms with E-state index < -0.39 is 15.1 Å². The molecule has 2 aromatic rings. The van der Waals surface area contributed by atoms with Crippen LogP contribution in [0.1, 0.15) is 12.8 Å². The number of hydrogen-bond donors (Lipinski definition) is 1. The van der Waals surface area contributed by atoms with Gasteiger partial charge in [0.25, 0.3) is 0 Å². The highest BCUT2D eigenvalue weighted by Gasteiger charge is 2.32. The summed E-state index contributed by atoms with van der Waals surface area (Å²) >= 11 is 6.00. The normalized spacial score (nSPS) is 20.7. The predicted octanol–water partition coefficient (Wildman–Crippen LogP) is 1.15. The van der Waals surface area contributed by atoms with E-state index in [1.54, 1.807) is 18.2 Å². The number of aromatic nitrogens is 4. The van der Waals surface area contributed by atoms with Gasteiger partial charge in [-0.05, 0) is 41.5 Å². The molecule has 0 aliphatic carbocycles. The number of rotatable bonds is 3. The molecular weight excluding hydrogens is 314 g/mol. The van der Waals surface area contributed by atoms with Crippen molar-refractivity contribution in [1.82, 2.24) is 20.2 Å². The Labute approximate surface area is 127 Å². The predicted molar refractivity (Wildman–Crippen MR) is 79.5 cm³/mol. The third-order valence-corrected chi connectivity index (χ3v) is 6.22. The van der Waals surface area contributed by atoms with E-state index in [0.717, 1.165) is 0 Å². The summed E-state index contributed by atoms with van der Waals surface area (Å²) in [5, 5.41) is 11.5. The van der Waals surface area contributed by atoms with Crippen molar-refractivity contribution in [2.75, 3.05) is 11.5 Å². The van der Waals surface area contributed by atoms with Crippen molar-refractivity contribution in [2.45, 2.75) is 24.6 Å². The zero-order valence-electron chi connectivity index (χ0n) is 11.1. The number of tetrazole rings is 1. The maximum absolute atomic E-state index is 11.9. The lowest BCUT2D eigenvalue weighted by molar-refractivity contribution is 0.534. The molecule has 1 aromatic carbocycles. The molecular formula is C12H14ClN5O2S. The van der Waals surface area contributed by atoms with Gasteiger partial charge >= 0.3 is 0 Å². The van der Waals surface area contributed by atoms with Gasteiger partial charge < -0.3 is 5.73 Å². The van der Waals surface area contributed by atoms with E-state index in [0.29, 0.717) is 34.9 Å². The average Bonchev–Trinajstić information content (AvgIpc) is 3.01. The van der Waals surface area contributed by atoms with Crippen LogP contribution < -0.4 is 5.73 Å². The van der Waals surface area contributed by atoms with Gasteiger partial charge in [-0.15, -0.1) is 5.10 Å². The lowest BCUT2D eigenvalue weighted by Gasteiger charge is -2.10. The number of hydrogen-bond acceptors (Lipinski definition) is 6. The molecule has 1 fully saturated rings. The molecule has 1 saturated heterocycles. The maximum atomic E-state index is 11.9. The molecule has 1 unspecified atom stereocenters. The van der Waals surface area contributed by atoms with Crippen LogP contribution in [0, 0.1) is 0 Å². The van der Waals surface area contributed by atoms with Crippen molar-refractivity contribution in [3.63, 3.8) is 0 Å². The quantitative estimate of drug-likeness (QED) is 0.848. The summed E-state index contributed by atoms with van der Waals surface area (Å²) in [6.45, 7) is 0.257. The molecule has 0 radical (unpaired) electrons. The number of halogens is 1. The van der Waals surface area contributed by atoms with Crippen LogP contribution in [-0.4, -0.2) is 39.6 Å². The Hall–Kier alpha value is -1.67. The summed E-state index contributed by atoms with van der Waals surface area (Å²) in [5.41, 5.74) is 6.85. The van der Waals surface area contributed by atoms with Crippen molar-refractivity contribution in [2.24, 2.45) is 0 Å². The minimum absolute atomic E-state index is 0.239. The fourth-order valence-electron chi connectivity index (χ4n) is 2.46. The van der Waals surface area contributed by atoms with Crippen LogP contribution in [0.4, 0.5) is 5.69 Å². The Kier molecular flexibility index (Phi) is 3.58. The van der Waals surface area contributed by atoms with E-state index in [1.165, 1.54) is 4.68 Å². The Bertz CT molecular complexity index is 774. The second-order valence-corrected chi connectivity index (χ2v) is 7.86. The molecule has 0 amide bonds. The smallest absolute Gasteiger partial charge is 0.182 e. The minimum atomic E-state index is -3.04. The molecule has 2 heterocycles. The van der Waals surface area contributed by atoms with Crippen molar-refractivity contribution in [1.29, 1.82) is 0 Å². The Morgan fingerprint density at radius 2 is 2.24 bits per heavy atom. The number of benzene rings is 1. The average molecular weight is 328 g/mol. The van der Waals surface area contributed by atoms with Gasteiger partial charge in [0.2, 0.25) is 0 Å². The first-order valence-electron chi connectivity index (χ1n) is 6.50. The van der Waals surface area contributed by atoms with E-state index in [-0.39, 0.29) is 12.3 Å². The fraction of sp³-hybridized carbons (Fsp3) is 0.417. The highest BCUT2D eigenvalue weighted by atomic mass is 35.5. The molecule has 1 aliphatic heterocycles. The SMILES string of the molecule is Nc1ccc(-c2nnnn2CC2CCCS2(=O)=O)cc1Cl. The molecule has 3 rings (SSSR count). The first-order chi connectivity index (χ1) is 9.97. The number of nitrogens with two attached hydrogens (primary N) is 1. The molecule has 112 valence electrons. The van der Waals surface area contributed by atoms with E-state index in [4.69, 9.17) is 17.3 Å². The third-order valence-electron chi connectivity index (χ3n) is 3.63. The topological polar surface area (TPSA) is 104 Å². The monoisotopic (exact) mass is 327 g/mol. The van der Waals surface area contributed by atoms with Gasteiger partial charge in [-0.25, -0.2) is 13.1 Å². The molecule has 0 bridgehead atoms. The van der Waals surface area contributed by atoms with Crippen LogP contribution in [0.5, 0.6) is 0 Å². The number of sulfone groups is 1. The van der Waals surface area contributed by atoms with Crippen LogP contribution in [0.25, 0.3) is 11.4 Å². The maximum Gasteiger partial charge on any atom is 0.182 e. The van der Waals surface area contributed by atoms with Crippen molar-refractivity contribution >= 4 is 27.1 Å². The van der Waals surface area contributed by atoms with Crippen molar-refractivity contribution in [3.8, 4) is 11.4 Å². The lowest BCUT2D eigenvalue weighted by atomic mass is 10.2. The molecule has 1 aliphatic rings. The molecule has 9 heteroatoms. The highest BCUT2D eigenvalue weighted by molar-refractivity contribution is 7.92. The Morgan fingerprint density at radius 3 is 2.90 bits per heavy atom. The minimum Gasteiger partial charge on any atom is -0.398 e. The molecule has 2 N–H and O–H groups in total. The van der Waals surface area contributed by atoms with Gasteiger partial charge in [0.15, 0.2) is 15.7 Å². The summed E-state index contributed by atoms with van der Waals surface area (Å²) in [6, 6.07) is 5.10. The van der Waals surface area contributed by atoms with Crippen molar-refractivity contribution in [3.05, 3.63) is 23.2 Å². The van der Waals surface area contributed by atoms with Crippen molar-refractivity contribution < 1.29 is 8.42 Å². The van der Waals surface area contributed by atoms with Crippen LogP contribution >= 0.6 is 11.6 Å². The summed E-state index contributed by atoms with van der Waals surface area (Å²) in [4.78, 5) is 0. The van der Waals surface area contributed by atoms with E-state index in [9.17, 15) is 8.42 Å². The van der Waals surface area contributed by atoms with Gasteiger partial charge in [0.1, 0.15) is 0 Å². The lowest BCUT2D eigenvalue weighted by Crippen LogP contribution is -2.23. The summed E-state index contributed by atoms with van der Waals surface area (Å²) in [6.07, 6.45) is 1.34. The van der Waals surface area contributed by atoms with Gasteiger partial charge in [-0.2, -0.15) is 0 Å². The van der Waals surface area contributed by atoms with Gasteiger partial charge in [-0.1, -0.05) is 11.6 Å². The fourth-order valence-corrected chi connectivity index (χ4v) is 4.43. The molecule has 7 nitrogen and oxygen atoms in total. The van der Waals surface area contributed by atoms with Gasteiger partial charge in [0.05, 0.1) is 28.3 Å². The van der Waals surface area contributed by atoms with E-state index in [1.807, 2.05) is 0 Å². The Balaban J connectivity index is 1.92. The summed E-state index contributed by atoms with van der Waals surface area (Å²) in [5.74, 6) is 0.724. The van der Waals surface area contributed by atoms with E-state index in [2.05, 4.69) is 15.5 Å². The second kappa shape index (κ2) is 5.27. The summed E-state index contributed by atoms with van der Waals surface area (Å²) in [7, 11) is -3.04. The van der Waals surface area contributed by atoms with Crippen LogP contribution in [0.2, 0.25) is 5.02 Å². The van der Waals surface area contributed by atoms with Crippen LogP contribution in [0.15, 0.2) is 18.2 Å². The first kappa shape index (κ1) is 14.3. The highest BCUT2D eigenvalue weighted by Crippen LogP contribution is 2.27. The van der Waals surface area contributed by atoms with Crippen LogP contribution in [0.3, 0.4) is 0 Å². The summed E-state index contributed by atoms with van der Waals surface area (Å²) < 4.78 is 25.3. The third kappa shape index (κ3) is 2.73. The van der Waals surface area contributed by atoms with E-state index >= 15 is 0 Å². The standard InChI is InChI=1S/C12H14ClN5O2S/c13-10-6-8(3-4-11(10)14)12-15-16-17-18(12)7-9-2-1-5-21(9,19)20/h3-4,6,9H,1-2,5,7,14H2. The molecule has 1 atom stereocenters. The second-order valence-electron chi connectivity index (χ2n) is 5.05. The number of nitrogen functional groups attached to an aromatic ring is 1. The first-order valence-corrected chi connectivity index (χ1v) is 8.60. The Morgan fingerprint density at radius 1 is 1.43 bits per heavy atom. The van der Waals surface area contributed by atoms with Crippen LogP contribution in [-0.2, 0) is 16.4 Å².